The van der Waals surface area contributed by atoms with Gasteiger partial charge in [-0.25, -0.2) is 18.1 Å². The number of rotatable bonds is 4. The van der Waals surface area contributed by atoms with E-state index in [2.05, 4.69) is 9.26 Å². The normalized spacial score (nSPS) is 36.7. The third kappa shape index (κ3) is 3.93. The molecule has 15 heteroatoms. The number of halogens is 3. The van der Waals surface area contributed by atoms with E-state index >= 15 is 4.39 Å². The Morgan fingerprint density at radius 1 is 1.42 bits per heavy atom. The van der Waals surface area contributed by atoms with Crippen LogP contribution in [0.25, 0.3) is 0 Å². The lowest BCUT2D eigenvalue weighted by molar-refractivity contribution is -0.205. The fraction of sp³-hybridized carbons (Fsp3) is 0.375. The molecule has 0 saturated carbocycles. The van der Waals surface area contributed by atoms with E-state index in [-0.39, 0.29) is 22.1 Å². The highest BCUT2D eigenvalue weighted by Gasteiger charge is 2.57. The molecule has 2 aliphatic heterocycles. The molecule has 3 N–H and O–H groups in total. The molecular weight excluding hydrogens is 452 g/mol. The van der Waals surface area contributed by atoms with E-state index < -0.39 is 68.1 Å². The number of aliphatic hydroxyl groups excluding tert-OH is 2. The highest BCUT2D eigenvalue weighted by molar-refractivity contribution is 7.49. The number of ether oxygens (including phenoxy) is 1. The van der Waals surface area contributed by atoms with Gasteiger partial charge in [-0.3, -0.25) is 23.4 Å². The molecule has 1 unspecified atom stereocenters. The Kier molecular flexibility index (Phi) is 4.43. The molecule has 31 heavy (non-hydrogen) atoms. The minimum absolute atomic E-state index is 0.0582. The number of nitrogens with one attached hydrogen (secondary N) is 1. The molecule has 0 bridgehead atoms. The molecule has 0 amide bonds. The standard InChI is InChI=1S/C16H14F3N2O9P/c17-8-1-2-10-7(3-8)5-27-31(26,30-10)28-6-16(19)12(23)11(22)14(29-16)21-4-9(18)13(24)20-15(21)25/h1-4,11-12,14,22-23H,5-6H2,(H,20,24,25)/t11-,12+,14-,16-,31?/m1/s1/i6D2,14D. The first-order chi connectivity index (χ1) is 15.6. The predicted octanol–water partition coefficient (Wildman–Crippen LogP) is 0.465. The lowest BCUT2D eigenvalue weighted by atomic mass is 10.1. The van der Waals surface area contributed by atoms with Crippen LogP contribution in [0.5, 0.6) is 5.75 Å². The number of nitrogens with zero attached hydrogens (tertiary/aromatic N) is 1. The quantitative estimate of drug-likeness (QED) is 0.543. The summed E-state index contributed by atoms with van der Waals surface area (Å²) >= 11 is 0. The van der Waals surface area contributed by atoms with Gasteiger partial charge in [0, 0.05) is 5.56 Å². The summed E-state index contributed by atoms with van der Waals surface area (Å²) in [5.41, 5.74) is -3.04. The molecule has 1 aromatic carbocycles. The van der Waals surface area contributed by atoms with Gasteiger partial charge in [0.25, 0.3) is 11.4 Å². The summed E-state index contributed by atoms with van der Waals surface area (Å²) in [4.78, 5) is 24.6. The number of hydrogen-bond acceptors (Lipinski definition) is 9. The summed E-state index contributed by atoms with van der Waals surface area (Å²) in [5, 5.41) is 20.4. The minimum Gasteiger partial charge on any atom is -0.404 e. The van der Waals surface area contributed by atoms with Crippen molar-refractivity contribution in [3.63, 3.8) is 0 Å². The summed E-state index contributed by atoms with van der Waals surface area (Å²) < 4.78 is 97.9. The first-order valence-electron chi connectivity index (χ1n) is 9.82. The highest BCUT2D eigenvalue weighted by atomic mass is 31.2. The van der Waals surface area contributed by atoms with Gasteiger partial charge in [-0.2, -0.15) is 4.39 Å². The van der Waals surface area contributed by atoms with Crippen LogP contribution in [0.2, 0.25) is 0 Å². The molecule has 2 aromatic rings. The summed E-state index contributed by atoms with van der Waals surface area (Å²) in [6.45, 7) is -4.62. The van der Waals surface area contributed by atoms with Crippen molar-refractivity contribution < 1.29 is 50.4 Å². The third-order valence-corrected chi connectivity index (χ3v) is 5.41. The van der Waals surface area contributed by atoms with Crippen molar-refractivity contribution in [2.75, 3.05) is 6.56 Å². The van der Waals surface area contributed by atoms with Crippen molar-refractivity contribution in [2.24, 2.45) is 0 Å². The molecule has 5 atom stereocenters. The van der Waals surface area contributed by atoms with Crippen molar-refractivity contribution in [1.82, 2.24) is 9.55 Å². The number of aromatic nitrogens is 2. The molecule has 1 aromatic heterocycles. The Labute approximate surface area is 174 Å². The second kappa shape index (κ2) is 7.58. The summed E-state index contributed by atoms with van der Waals surface area (Å²) in [7, 11) is -5.01. The number of fused-ring (bicyclic) bond motifs is 1. The minimum atomic E-state index is -5.01. The maximum Gasteiger partial charge on any atom is 0.530 e. The van der Waals surface area contributed by atoms with Crippen LogP contribution >= 0.6 is 7.82 Å². The molecule has 168 valence electrons. The predicted molar refractivity (Wildman–Crippen MR) is 92.6 cm³/mol. The van der Waals surface area contributed by atoms with E-state index in [0.29, 0.717) is 0 Å². The summed E-state index contributed by atoms with van der Waals surface area (Å²) in [6, 6.07) is 2.88. The fourth-order valence-corrected chi connectivity index (χ4v) is 3.80. The molecule has 0 radical (unpaired) electrons. The molecule has 2 aliphatic rings. The number of aliphatic hydroxyl groups is 2. The van der Waals surface area contributed by atoms with Crippen molar-refractivity contribution in [3.8, 4) is 5.75 Å². The SMILES string of the molecule is [2H]C([2H])(OP1(=O)OCc2cc(F)ccc2O1)[C@@]1(F)O[C@@]([2H])(n2cc(F)c(=O)[nH]c2=O)[C@H](O)[C@@H]1O. The zero-order chi connectivity index (χ0) is 25.3. The van der Waals surface area contributed by atoms with E-state index in [1.54, 1.807) is 0 Å². The van der Waals surface area contributed by atoms with Crippen LogP contribution in [0.1, 0.15) is 15.9 Å². The number of aromatic amines is 1. The molecule has 1 fully saturated rings. The van der Waals surface area contributed by atoms with Gasteiger partial charge >= 0.3 is 13.5 Å². The van der Waals surface area contributed by atoms with Gasteiger partial charge in [-0.1, -0.05) is 0 Å². The summed E-state index contributed by atoms with van der Waals surface area (Å²) in [5.74, 6) is -6.83. The Morgan fingerprint density at radius 3 is 2.90 bits per heavy atom. The maximum absolute atomic E-state index is 15.7. The van der Waals surface area contributed by atoms with Crippen molar-refractivity contribution >= 4 is 7.82 Å². The molecule has 0 spiro atoms. The van der Waals surface area contributed by atoms with E-state index in [0.717, 1.165) is 18.2 Å². The first kappa shape index (κ1) is 18.1. The van der Waals surface area contributed by atoms with Crippen LogP contribution < -0.4 is 15.8 Å². The molecular formula is C16H14F3N2O9P. The molecule has 0 aliphatic carbocycles. The molecule has 1 saturated heterocycles. The lowest BCUT2D eigenvalue weighted by Crippen LogP contribution is -2.43. The average molecular weight is 469 g/mol. The lowest BCUT2D eigenvalue weighted by Gasteiger charge is -2.28. The van der Waals surface area contributed by atoms with Crippen LogP contribution in [0, 0.1) is 11.6 Å². The average Bonchev–Trinajstić information content (AvgIpc) is 2.92. The number of hydrogen-bond donors (Lipinski definition) is 3. The monoisotopic (exact) mass is 469 g/mol. The van der Waals surface area contributed by atoms with Gasteiger partial charge in [0.15, 0.2) is 6.20 Å². The zero-order valence-electron chi connectivity index (χ0n) is 18.0. The number of alkyl halides is 1. The fourth-order valence-electron chi connectivity index (χ4n) is 2.70. The highest BCUT2D eigenvalue weighted by Crippen LogP contribution is 2.55. The van der Waals surface area contributed by atoms with E-state index in [9.17, 15) is 33.1 Å². The van der Waals surface area contributed by atoms with Gasteiger partial charge < -0.3 is 19.5 Å². The van der Waals surface area contributed by atoms with Crippen molar-refractivity contribution in [3.05, 3.63) is 62.4 Å². The second-order valence-corrected chi connectivity index (χ2v) is 7.86. The Morgan fingerprint density at radius 2 is 2.16 bits per heavy atom. The largest absolute Gasteiger partial charge is 0.530 e. The third-order valence-electron chi connectivity index (χ3n) is 4.23. The van der Waals surface area contributed by atoms with Gasteiger partial charge in [-0.15, -0.1) is 0 Å². The van der Waals surface area contributed by atoms with Gasteiger partial charge in [0.1, 0.15) is 30.3 Å². The number of phosphoric ester groups is 1. The second-order valence-electron chi connectivity index (χ2n) is 6.34. The van der Waals surface area contributed by atoms with E-state index in [4.69, 9.17) is 13.2 Å². The first-order valence-corrected chi connectivity index (χ1v) is 9.78. The molecule has 4 rings (SSSR count). The number of H-pyrrole nitrogens is 1. The Hall–Kier alpha value is -2.48. The zero-order valence-corrected chi connectivity index (χ0v) is 15.8. The number of benzene rings is 1. The van der Waals surface area contributed by atoms with Crippen LogP contribution in [-0.2, 0) is 25.0 Å². The van der Waals surface area contributed by atoms with Crippen LogP contribution in [-0.4, -0.2) is 44.4 Å². The van der Waals surface area contributed by atoms with Crippen LogP contribution in [0.15, 0.2) is 34.0 Å². The van der Waals surface area contributed by atoms with E-state index in [1.165, 1.54) is 4.98 Å². The van der Waals surface area contributed by atoms with Crippen molar-refractivity contribution in [1.29, 1.82) is 0 Å². The smallest absolute Gasteiger partial charge is 0.404 e. The van der Waals surface area contributed by atoms with Crippen molar-refractivity contribution in [2.45, 2.75) is 30.9 Å². The van der Waals surface area contributed by atoms with Crippen LogP contribution in [0.4, 0.5) is 13.2 Å². The molecule has 3 heterocycles. The van der Waals surface area contributed by atoms with Gasteiger partial charge in [0.05, 0.1) is 16.9 Å². The molecule has 11 nitrogen and oxygen atoms in total. The van der Waals surface area contributed by atoms with Crippen LogP contribution in [0.3, 0.4) is 0 Å². The maximum atomic E-state index is 15.7. The number of phosphoric acid groups is 1. The van der Waals surface area contributed by atoms with Gasteiger partial charge in [-0.05, 0) is 18.2 Å². The Bertz CT molecular complexity index is 1330. The summed E-state index contributed by atoms with van der Waals surface area (Å²) in [6.07, 6.45) is -9.12. The van der Waals surface area contributed by atoms with E-state index in [1.807, 2.05) is 0 Å². The Balaban J connectivity index is 1.67. The van der Waals surface area contributed by atoms with Gasteiger partial charge in [0.2, 0.25) is 5.82 Å². The topological polar surface area (TPSA) is 149 Å².